The van der Waals surface area contributed by atoms with Gasteiger partial charge in [-0.3, -0.25) is 15.6 Å². The van der Waals surface area contributed by atoms with Gasteiger partial charge in [-0.1, -0.05) is 6.92 Å². The summed E-state index contributed by atoms with van der Waals surface area (Å²) in [4.78, 5) is 15.8. The minimum Gasteiger partial charge on any atom is -0.346 e. The molecule has 5 heteroatoms. The summed E-state index contributed by atoms with van der Waals surface area (Å²) < 4.78 is 0. The summed E-state index contributed by atoms with van der Waals surface area (Å²) in [7, 11) is 0. The molecule has 0 radical (unpaired) electrons. The van der Waals surface area contributed by atoms with Crippen LogP contribution in [0.2, 0.25) is 0 Å². The van der Waals surface area contributed by atoms with Crippen LogP contribution in [0.25, 0.3) is 0 Å². The van der Waals surface area contributed by atoms with Crippen LogP contribution in [-0.2, 0) is 0 Å². The normalized spacial score (nSPS) is 11.0. The summed E-state index contributed by atoms with van der Waals surface area (Å²) >= 11 is 0. The molecule has 0 aliphatic carbocycles. The molecule has 1 amide bonds. The number of nitrogen functional groups attached to an aromatic ring is 1. The van der Waals surface area contributed by atoms with Crippen molar-refractivity contribution in [2.45, 2.75) is 32.7 Å². The number of nitrogens with two attached hydrogens (primary N) is 1. The highest BCUT2D eigenvalue weighted by Gasteiger charge is 2.19. The largest absolute Gasteiger partial charge is 0.346 e. The van der Waals surface area contributed by atoms with Crippen LogP contribution < -0.4 is 16.6 Å². The monoisotopic (exact) mass is 222 g/mol. The fourth-order valence-corrected chi connectivity index (χ4v) is 1.10. The zero-order valence-electron chi connectivity index (χ0n) is 9.87. The van der Waals surface area contributed by atoms with Gasteiger partial charge >= 0.3 is 0 Å². The molecule has 0 aliphatic heterocycles. The van der Waals surface area contributed by atoms with E-state index in [-0.39, 0.29) is 11.4 Å². The van der Waals surface area contributed by atoms with E-state index >= 15 is 0 Å². The number of pyridine rings is 1. The summed E-state index contributed by atoms with van der Waals surface area (Å²) in [6.45, 7) is 5.96. The van der Waals surface area contributed by atoms with E-state index < -0.39 is 0 Å². The number of hydrogen-bond acceptors (Lipinski definition) is 4. The van der Waals surface area contributed by atoms with Crippen LogP contribution in [0.4, 0.5) is 5.69 Å². The van der Waals surface area contributed by atoms with Crippen molar-refractivity contribution >= 4 is 11.6 Å². The minimum atomic E-state index is -0.231. The smallest absolute Gasteiger partial charge is 0.270 e. The maximum atomic E-state index is 11.8. The molecule has 0 unspecified atom stereocenters. The van der Waals surface area contributed by atoms with Gasteiger partial charge in [0.1, 0.15) is 5.69 Å². The number of aromatic nitrogens is 1. The maximum absolute atomic E-state index is 11.8. The van der Waals surface area contributed by atoms with E-state index in [0.717, 1.165) is 6.42 Å². The molecule has 1 rings (SSSR count). The van der Waals surface area contributed by atoms with Gasteiger partial charge in [0.25, 0.3) is 5.91 Å². The highest BCUT2D eigenvalue weighted by molar-refractivity contribution is 5.93. The Morgan fingerprint density at radius 1 is 1.56 bits per heavy atom. The van der Waals surface area contributed by atoms with E-state index in [9.17, 15) is 4.79 Å². The van der Waals surface area contributed by atoms with Gasteiger partial charge in [-0.05, 0) is 32.4 Å². The Morgan fingerprint density at radius 2 is 2.25 bits per heavy atom. The lowest BCUT2D eigenvalue weighted by molar-refractivity contribution is 0.0906. The summed E-state index contributed by atoms with van der Waals surface area (Å²) in [5.41, 5.74) is 3.27. The lowest BCUT2D eigenvalue weighted by atomic mass is 10.0. The molecule has 4 N–H and O–H groups in total. The standard InChI is InChI=1S/C11H18N4O/c1-4-11(2,3)14-10(16)9-7-8(15-12)5-6-13-9/h5-7H,4,12H2,1-3H3,(H,13,15)(H,14,16). The summed E-state index contributed by atoms with van der Waals surface area (Å²) in [6.07, 6.45) is 2.40. The first kappa shape index (κ1) is 12.4. The molecule has 1 heterocycles. The quantitative estimate of drug-likeness (QED) is 0.529. The summed E-state index contributed by atoms with van der Waals surface area (Å²) in [5.74, 6) is 5.07. The van der Waals surface area contributed by atoms with Gasteiger partial charge in [0.15, 0.2) is 0 Å². The molecule has 0 aromatic carbocycles. The van der Waals surface area contributed by atoms with E-state index in [1.165, 1.54) is 0 Å². The van der Waals surface area contributed by atoms with Crippen molar-refractivity contribution < 1.29 is 4.79 Å². The van der Waals surface area contributed by atoms with Gasteiger partial charge in [-0.2, -0.15) is 0 Å². The Balaban J connectivity index is 2.80. The Kier molecular flexibility index (Phi) is 3.84. The van der Waals surface area contributed by atoms with E-state index in [4.69, 9.17) is 5.84 Å². The molecular formula is C11H18N4O. The molecule has 0 fully saturated rings. The Hall–Kier alpha value is -1.62. The van der Waals surface area contributed by atoms with Crippen molar-refractivity contribution in [1.82, 2.24) is 10.3 Å². The molecule has 88 valence electrons. The molecule has 1 aromatic rings. The highest BCUT2D eigenvalue weighted by Crippen LogP contribution is 2.10. The van der Waals surface area contributed by atoms with Crippen molar-refractivity contribution in [2.24, 2.45) is 5.84 Å². The first-order chi connectivity index (χ1) is 7.48. The molecule has 0 saturated heterocycles. The minimum absolute atomic E-state index is 0.191. The third kappa shape index (κ3) is 3.20. The maximum Gasteiger partial charge on any atom is 0.270 e. The second kappa shape index (κ2) is 4.94. The molecule has 0 saturated carbocycles. The van der Waals surface area contributed by atoms with Gasteiger partial charge in [0.05, 0.1) is 5.69 Å². The lowest BCUT2D eigenvalue weighted by Crippen LogP contribution is -2.43. The summed E-state index contributed by atoms with van der Waals surface area (Å²) in [5, 5.41) is 2.90. The van der Waals surface area contributed by atoms with Gasteiger partial charge in [-0.15, -0.1) is 0 Å². The number of anilines is 1. The number of carbonyl (C=O) groups excluding carboxylic acids is 1. The molecule has 1 aromatic heterocycles. The zero-order valence-corrected chi connectivity index (χ0v) is 9.87. The third-order valence-corrected chi connectivity index (χ3v) is 2.50. The van der Waals surface area contributed by atoms with Crippen LogP contribution in [0.3, 0.4) is 0 Å². The van der Waals surface area contributed by atoms with Crippen LogP contribution in [0.15, 0.2) is 18.3 Å². The van der Waals surface area contributed by atoms with Gasteiger partial charge in [-0.25, -0.2) is 0 Å². The number of amides is 1. The number of nitrogens with one attached hydrogen (secondary N) is 2. The van der Waals surface area contributed by atoms with Crippen LogP contribution in [-0.4, -0.2) is 16.4 Å². The third-order valence-electron chi connectivity index (χ3n) is 2.50. The Morgan fingerprint density at radius 3 is 2.81 bits per heavy atom. The highest BCUT2D eigenvalue weighted by atomic mass is 16.2. The molecule has 0 atom stereocenters. The van der Waals surface area contributed by atoms with E-state index in [1.807, 2.05) is 20.8 Å². The molecule has 0 spiro atoms. The molecule has 0 aliphatic rings. The van der Waals surface area contributed by atoms with Crippen LogP contribution in [0.1, 0.15) is 37.7 Å². The predicted octanol–water partition coefficient (Wildman–Crippen LogP) is 1.29. The lowest BCUT2D eigenvalue weighted by Gasteiger charge is -2.24. The number of carbonyl (C=O) groups is 1. The van der Waals surface area contributed by atoms with Crippen LogP contribution >= 0.6 is 0 Å². The first-order valence-electron chi connectivity index (χ1n) is 5.23. The van der Waals surface area contributed by atoms with Crippen molar-refractivity contribution in [2.75, 3.05) is 5.43 Å². The second-order valence-corrected chi connectivity index (χ2v) is 4.27. The van der Waals surface area contributed by atoms with Crippen molar-refractivity contribution in [3.05, 3.63) is 24.0 Å². The summed E-state index contributed by atoms with van der Waals surface area (Å²) in [6, 6.07) is 3.31. The topological polar surface area (TPSA) is 80.0 Å². The number of rotatable bonds is 4. The van der Waals surface area contributed by atoms with E-state index in [0.29, 0.717) is 11.4 Å². The number of nitrogens with zero attached hydrogens (tertiary/aromatic N) is 1. The SMILES string of the molecule is CCC(C)(C)NC(=O)c1cc(NN)ccn1. The predicted molar refractivity (Wildman–Crippen MR) is 63.9 cm³/mol. The number of hydrazine groups is 1. The average Bonchev–Trinajstić information content (AvgIpc) is 2.28. The van der Waals surface area contributed by atoms with E-state index in [2.05, 4.69) is 15.7 Å². The van der Waals surface area contributed by atoms with Crippen molar-refractivity contribution in [3.63, 3.8) is 0 Å². The van der Waals surface area contributed by atoms with Crippen molar-refractivity contribution in [1.29, 1.82) is 0 Å². The second-order valence-electron chi connectivity index (χ2n) is 4.27. The van der Waals surface area contributed by atoms with Gasteiger partial charge in [0.2, 0.25) is 0 Å². The number of hydrogen-bond donors (Lipinski definition) is 3. The fraction of sp³-hybridized carbons (Fsp3) is 0.455. The Bertz CT molecular complexity index is 376. The molecule has 0 bridgehead atoms. The van der Waals surface area contributed by atoms with Crippen LogP contribution in [0.5, 0.6) is 0 Å². The molecule has 5 nitrogen and oxygen atoms in total. The molecule has 16 heavy (non-hydrogen) atoms. The van der Waals surface area contributed by atoms with Gasteiger partial charge < -0.3 is 10.7 Å². The van der Waals surface area contributed by atoms with Crippen molar-refractivity contribution in [3.8, 4) is 0 Å². The Labute approximate surface area is 95.4 Å². The van der Waals surface area contributed by atoms with E-state index in [1.54, 1.807) is 18.3 Å². The molecular weight excluding hydrogens is 204 g/mol. The average molecular weight is 222 g/mol. The van der Waals surface area contributed by atoms with Crippen LogP contribution in [0, 0.1) is 0 Å². The van der Waals surface area contributed by atoms with Gasteiger partial charge in [0, 0.05) is 11.7 Å². The first-order valence-corrected chi connectivity index (χ1v) is 5.23. The zero-order chi connectivity index (χ0) is 12.2. The fourth-order valence-electron chi connectivity index (χ4n) is 1.10.